The van der Waals surface area contributed by atoms with Crippen LogP contribution in [-0.2, 0) is 9.59 Å². The summed E-state index contributed by atoms with van der Waals surface area (Å²) in [5.74, 6) is -0.288. The Kier molecular flexibility index (Phi) is 7.44. The van der Waals surface area contributed by atoms with Gasteiger partial charge in [-0.1, -0.05) is 63.8 Å². The highest BCUT2D eigenvalue weighted by Gasteiger charge is 2.33. The van der Waals surface area contributed by atoms with Crippen molar-refractivity contribution >= 4 is 51.9 Å². The lowest BCUT2D eigenvalue weighted by atomic mass is 10.1. The topological polar surface area (TPSA) is 60.9 Å². The van der Waals surface area contributed by atoms with Crippen LogP contribution >= 0.6 is 24.0 Å². The third-order valence-electron chi connectivity index (χ3n) is 3.89. The van der Waals surface area contributed by atoms with Crippen LogP contribution in [0.3, 0.4) is 0 Å². The first kappa shape index (κ1) is 21.4. The number of nitrogens with zero attached hydrogens (tertiary/aromatic N) is 2. The van der Waals surface area contributed by atoms with Gasteiger partial charge in [-0.25, -0.2) is 0 Å². The highest BCUT2D eigenvalue weighted by molar-refractivity contribution is 8.26. The Bertz CT molecular complexity index is 732. The molecule has 0 radical (unpaired) electrons. The second kappa shape index (κ2) is 9.37. The average molecular weight is 407 g/mol. The zero-order valence-corrected chi connectivity index (χ0v) is 17.8. The van der Waals surface area contributed by atoms with E-state index in [4.69, 9.17) is 17.3 Å². The molecule has 1 aliphatic heterocycles. The van der Waals surface area contributed by atoms with Crippen LogP contribution < -0.4 is 4.90 Å². The second-order valence-corrected chi connectivity index (χ2v) is 9.12. The molecule has 0 unspecified atom stereocenters. The molecule has 0 spiro atoms. The number of thiocarbonyl (C=S) groups is 1. The summed E-state index contributed by atoms with van der Waals surface area (Å²) in [4.78, 5) is 27.2. The van der Waals surface area contributed by atoms with Gasteiger partial charge in [0.25, 0.3) is 5.91 Å². The van der Waals surface area contributed by atoms with E-state index in [2.05, 4.69) is 44.7 Å². The van der Waals surface area contributed by atoms with E-state index >= 15 is 0 Å². The van der Waals surface area contributed by atoms with E-state index in [0.717, 1.165) is 41.0 Å². The minimum absolute atomic E-state index is 0.283. The van der Waals surface area contributed by atoms with Gasteiger partial charge in [-0.3, -0.25) is 14.5 Å². The minimum atomic E-state index is -1.08. The van der Waals surface area contributed by atoms with Crippen LogP contribution in [0.2, 0.25) is 0 Å². The minimum Gasteiger partial charge on any atom is -0.480 e. The van der Waals surface area contributed by atoms with E-state index in [9.17, 15) is 9.59 Å². The number of hydrogen-bond acceptors (Lipinski definition) is 5. The van der Waals surface area contributed by atoms with Crippen molar-refractivity contribution < 1.29 is 14.7 Å². The largest absolute Gasteiger partial charge is 0.480 e. The Morgan fingerprint density at radius 3 is 2.22 bits per heavy atom. The molecule has 1 aromatic rings. The third kappa shape index (κ3) is 6.07. The van der Waals surface area contributed by atoms with Gasteiger partial charge in [0, 0.05) is 18.8 Å². The molecule has 0 aliphatic carbocycles. The molecule has 0 saturated carbocycles. The van der Waals surface area contributed by atoms with Gasteiger partial charge in [0.05, 0.1) is 4.91 Å². The van der Waals surface area contributed by atoms with Crippen LogP contribution in [-0.4, -0.2) is 45.8 Å². The van der Waals surface area contributed by atoms with Crippen molar-refractivity contribution in [3.05, 3.63) is 34.7 Å². The fourth-order valence-corrected chi connectivity index (χ4v) is 4.13. The molecule has 0 bridgehead atoms. The number of benzene rings is 1. The maximum atomic E-state index is 12.4. The quantitative estimate of drug-likeness (QED) is 0.518. The van der Waals surface area contributed by atoms with Gasteiger partial charge < -0.3 is 10.0 Å². The van der Waals surface area contributed by atoms with Gasteiger partial charge in [-0.15, -0.1) is 0 Å². The van der Waals surface area contributed by atoms with Gasteiger partial charge in [0.2, 0.25) is 0 Å². The van der Waals surface area contributed by atoms with Gasteiger partial charge in [0.15, 0.2) is 0 Å². The maximum absolute atomic E-state index is 12.4. The summed E-state index contributed by atoms with van der Waals surface area (Å²) in [6.07, 6.45) is 1.76. The molecule has 1 amide bonds. The van der Waals surface area contributed by atoms with Gasteiger partial charge in [-0.05, 0) is 35.6 Å². The molecule has 1 fully saturated rings. The number of carboxylic acids is 1. The molecule has 1 aliphatic rings. The zero-order chi connectivity index (χ0) is 20.1. The van der Waals surface area contributed by atoms with E-state index in [1.807, 2.05) is 12.1 Å². The Labute approximate surface area is 170 Å². The molecular formula is C20H26N2O3S2. The van der Waals surface area contributed by atoms with Crippen LogP contribution in [0.15, 0.2) is 29.2 Å². The highest BCUT2D eigenvalue weighted by atomic mass is 32.2. The normalized spacial score (nSPS) is 16.1. The molecule has 1 saturated heterocycles. The molecule has 146 valence electrons. The van der Waals surface area contributed by atoms with Crippen LogP contribution in [0.4, 0.5) is 5.69 Å². The standard InChI is InChI=1S/C20H26N2O3S2/c1-13(2)10-21(11-14(3)4)16-7-5-15(6-8-16)9-17-19(25)22(12-18(23)24)20(26)27-17/h5-9,13-14H,10-12H2,1-4H3,(H,23,24)/b17-9-. The number of rotatable bonds is 8. The summed E-state index contributed by atoms with van der Waals surface area (Å²) in [6.45, 7) is 10.4. The predicted molar refractivity (Wildman–Crippen MR) is 116 cm³/mol. The molecule has 1 N–H and O–H groups in total. The molecule has 1 aromatic carbocycles. The van der Waals surface area contributed by atoms with E-state index in [-0.39, 0.29) is 10.2 Å². The Hall–Kier alpha value is -1.86. The Morgan fingerprint density at radius 1 is 1.19 bits per heavy atom. The molecule has 0 atom stereocenters. The van der Waals surface area contributed by atoms with Crippen LogP contribution in [0.1, 0.15) is 33.3 Å². The lowest BCUT2D eigenvalue weighted by Crippen LogP contribution is -2.33. The summed E-state index contributed by atoms with van der Waals surface area (Å²) in [5.41, 5.74) is 2.05. The average Bonchev–Trinajstić information content (AvgIpc) is 2.81. The molecule has 2 rings (SSSR count). The van der Waals surface area contributed by atoms with Crippen LogP contribution in [0.5, 0.6) is 0 Å². The molecule has 0 aromatic heterocycles. The number of amides is 1. The van der Waals surface area contributed by atoms with Crippen molar-refractivity contribution in [3.63, 3.8) is 0 Å². The second-order valence-electron chi connectivity index (χ2n) is 7.45. The molecule has 1 heterocycles. The number of thioether (sulfide) groups is 1. The Balaban J connectivity index is 2.17. The van der Waals surface area contributed by atoms with E-state index in [1.54, 1.807) is 6.08 Å². The van der Waals surface area contributed by atoms with Crippen LogP contribution in [0.25, 0.3) is 6.08 Å². The van der Waals surface area contributed by atoms with Crippen molar-refractivity contribution in [3.8, 4) is 0 Å². The molecular weight excluding hydrogens is 380 g/mol. The Morgan fingerprint density at radius 2 is 1.74 bits per heavy atom. The number of carbonyl (C=O) groups is 2. The summed E-state index contributed by atoms with van der Waals surface area (Å²) in [5, 5.41) is 8.91. The monoisotopic (exact) mass is 406 g/mol. The van der Waals surface area contributed by atoms with Crippen LogP contribution in [0, 0.1) is 11.8 Å². The first-order chi connectivity index (χ1) is 12.7. The first-order valence-corrected chi connectivity index (χ1v) is 10.2. The fourth-order valence-electron chi connectivity index (χ4n) is 2.87. The third-order valence-corrected chi connectivity index (χ3v) is 5.27. The number of carboxylic acid groups (broad SMARTS) is 1. The van der Waals surface area contributed by atoms with Crippen molar-refractivity contribution in [1.29, 1.82) is 0 Å². The zero-order valence-electron chi connectivity index (χ0n) is 16.1. The number of anilines is 1. The lowest BCUT2D eigenvalue weighted by Gasteiger charge is -2.28. The SMILES string of the molecule is CC(C)CN(CC(C)C)c1ccc(/C=C2\SC(=S)N(CC(=O)O)C2=O)cc1. The van der Waals surface area contributed by atoms with Crippen molar-refractivity contribution in [1.82, 2.24) is 4.90 Å². The smallest absolute Gasteiger partial charge is 0.323 e. The summed E-state index contributed by atoms with van der Waals surface area (Å²) >= 11 is 6.26. The van der Waals surface area contributed by atoms with Crippen molar-refractivity contribution in [2.75, 3.05) is 24.5 Å². The molecule has 27 heavy (non-hydrogen) atoms. The van der Waals surface area contributed by atoms with Gasteiger partial charge in [-0.2, -0.15) is 0 Å². The summed E-state index contributed by atoms with van der Waals surface area (Å²) < 4.78 is 0.283. The summed E-state index contributed by atoms with van der Waals surface area (Å²) in [7, 11) is 0. The van der Waals surface area contributed by atoms with E-state index < -0.39 is 12.5 Å². The van der Waals surface area contributed by atoms with Gasteiger partial charge >= 0.3 is 5.97 Å². The maximum Gasteiger partial charge on any atom is 0.323 e. The molecule has 7 heteroatoms. The summed E-state index contributed by atoms with van der Waals surface area (Å²) in [6, 6.07) is 8.09. The number of hydrogen-bond donors (Lipinski definition) is 1. The van der Waals surface area contributed by atoms with Gasteiger partial charge in [0.1, 0.15) is 10.9 Å². The number of carbonyl (C=O) groups excluding carboxylic acids is 1. The van der Waals surface area contributed by atoms with Crippen molar-refractivity contribution in [2.24, 2.45) is 11.8 Å². The van der Waals surface area contributed by atoms with Crippen molar-refractivity contribution in [2.45, 2.75) is 27.7 Å². The predicted octanol–water partition coefficient (Wildman–Crippen LogP) is 4.09. The van der Waals surface area contributed by atoms with E-state index in [0.29, 0.717) is 16.7 Å². The lowest BCUT2D eigenvalue weighted by molar-refractivity contribution is -0.140. The highest BCUT2D eigenvalue weighted by Crippen LogP contribution is 2.32. The molecule has 5 nitrogen and oxygen atoms in total. The first-order valence-electron chi connectivity index (χ1n) is 8.99. The number of aliphatic carboxylic acids is 1. The fraction of sp³-hybridized carbons (Fsp3) is 0.450. The van der Waals surface area contributed by atoms with E-state index in [1.165, 1.54) is 0 Å².